The van der Waals surface area contributed by atoms with Gasteiger partial charge in [-0.15, -0.1) is 23.8 Å². The van der Waals surface area contributed by atoms with Crippen molar-refractivity contribution in [3.63, 3.8) is 0 Å². The van der Waals surface area contributed by atoms with Crippen LogP contribution < -0.4 is 4.74 Å². The van der Waals surface area contributed by atoms with Crippen molar-refractivity contribution in [1.82, 2.24) is 24.1 Å². The van der Waals surface area contributed by atoms with E-state index in [1.165, 1.54) is 44.5 Å². The Morgan fingerprint density at radius 1 is 0.429 bits per heavy atom. The molecular formula is C76H63N5O2Pt. The van der Waals surface area contributed by atoms with E-state index in [0.717, 1.165) is 83.0 Å². The van der Waals surface area contributed by atoms with Gasteiger partial charge >= 0.3 is 21.1 Å². The minimum Gasteiger partial charge on any atom is -0.498 e. The first-order chi connectivity index (χ1) is 40.4. The zero-order valence-corrected chi connectivity index (χ0v) is 50.9. The molecule has 4 heterocycles. The van der Waals surface area contributed by atoms with Crippen molar-refractivity contribution in [2.45, 2.75) is 86.0 Å². The molecule has 14 aromatic rings. The standard InChI is InChI=1S/C76H63N5O2.Pt/c1-44(2)59-38-53(49-23-12-10-13-24-49)39-60(45(3)4)71(59)80-67-33-20-18-31-65(67)78-75(80)52-28-22-29-55(37-52)82-56-42-63-70-74(58-36-35-51-27-16-17-30-57(51)69(58)48(9)77-70)83-73(63)64(43-56)76-79-66-32-19-21-34-68(66)81(76)72-61(46(5)6)40-54(41-62(72)47(7)8)50-25-14-11-15-26-50;/h10-36,38-42,44-47H,1-9H3;/q-2;+2. The number of pyridine rings is 1. The van der Waals surface area contributed by atoms with Gasteiger partial charge in [-0.1, -0.05) is 194 Å². The number of rotatable bonds is 12. The van der Waals surface area contributed by atoms with Gasteiger partial charge in [0.2, 0.25) is 0 Å². The van der Waals surface area contributed by atoms with Crippen molar-refractivity contribution in [1.29, 1.82) is 0 Å². The average Bonchev–Trinajstić information content (AvgIpc) is 2.18. The molecule has 0 aliphatic carbocycles. The van der Waals surface area contributed by atoms with Crippen LogP contribution >= 0.6 is 0 Å². The first kappa shape index (κ1) is 54.4. The molecule has 8 heteroatoms. The molecular weight excluding hydrogens is 1210 g/mol. The van der Waals surface area contributed by atoms with Crippen molar-refractivity contribution in [2.24, 2.45) is 0 Å². The van der Waals surface area contributed by atoms with E-state index in [-0.39, 0.29) is 44.7 Å². The van der Waals surface area contributed by atoms with Crippen LogP contribution in [0.15, 0.2) is 199 Å². The monoisotopic (exact) mass is 1270 g/mol. The molecule has 0 saturated heterocycles. The van der Waals surface area contributed by atoms with E-state index < -0.39 is 0 Å². The number of imidazole rings is 2. The molecule has 0 amide bonds. The SMILES string of the molecule is Cc1nc2c3cc(Oc4[c-]c(-c5nc6ccccc6n5-c5c(C(C)C)cc(-c6ccccc6)cc5C(C)C)ccc4)[c-]c(-c4nc5ccccc5n4-c4c(C(C)C)cc(-c5ccccc5)cc4C(C)C)c3oc2c2ccc3ccccc3c12.[Pt+2]. The topological polar surface area (TPSA) is 70.9 Å². The fourth-order valence-corrected chi connectivity index (χ4v) is 12.5. The third-order valence-electron chi connectivity index (χ3n) is 16.5. The quantitative estimate of drug-likeness (QED) is 0.0900. The van der Waals surface area contributed by atoms with Crippen LogP contribution in [0, 0.1) is 19.1 Å². The van der Waals surface area contributed by atoms with E-state index in [2.05, 4.69) is 260 Å². The van der Waals surface area contributed by atoms with Gasteiger partial charge in [-0.2, -0.15) is 0 Å². The van der Waals surface area contributed by atoms with Gasteiger partial charge in [0.05, 0.1) is 44.8 Å². The molecule has 0 aliphatic heterocycles. The smallest absolute Gasteiger partial charge is 0.498 e. The zero-order valence-electron chi connectivity index (χ0n) is 48.7. The molecule has 10 aromatic carbocycles. The van der Waals surface area contributed by atoms with Crippen LogP contribution in [0.5, 0.6) is 11.5 Å². The molecule has 0 saturated carbocycles. The van der Waals surface area contributed by atoms with Gasteiger partial charge in [0.15, 0.2) is 0 Å². The van der Waals surface area contributed by atoms with Gasteiger partial charge in [-0.3, -0.25) is 15.0 Å². The summed E-state index contributed by atoms with van der Waals surface area (Å²) in [5, 5.41) is 5.13. The maximum Gasteiger partial charge on any atom is 2.00 e. The number of furan rings is 1. The molecule has 0 spiro atoms. The summed E-state index contributed by atoms with van der Waals surface area (Å²) in [6.07, 6.45) is 0. The summed E-state index contributed by atoms with van der Waals surface area (Å²) >= 11 is 0. The number of para-hydroxylation sites is 4. The van der Waals surface area contributed by atoms with Crippen LogP contribution in [0.25, 0.3) is 122 Å². The van der Waals surface area contributed by atoms with Gasteiger partial charge in [-0.05, 0) is 146 Å². The molecule has 0 N–H and O–H groups in total. The maximum atomic E-state index is 7.30. The van der Waals surface area contributed by atoms with Crippen LogP contribution in [0.4, 0.5) is 0 Å². The molecule has 0 fully saturated rings. The molecule has 84 heavy (non-hydrogen) atoms. The molecule has 0 radical (unpaired) electrons. The van der Waals surface area contributed by atoms with E-state index >= 15 is 0 Å². The molecule has 0 aliphatic rings. The van der Waals surface area contributed by atoms with Gasteiger partial charge in [-0.25, -0.2) is 0 Å². The Bertz CT molecular complexity index is 4800. The van der Waals surface area contributed by atoms with Gasteiger partial charge in [0.1, 0.15) is 5.58 Å². The van der Waals surface area contributed by atoms with E-state index in [4.69, 9.17) is 24.1 Å². The summed E-state index contributed by atoms with van der Waals surface area (Å²) in [6.45, 7) is 20.4. The van der Waals surface area contributed by atoms with Crippen LogP contribution in [-0.4, -0.2) is 24.1 Å². The normalized spacial score (nSPS) is 12.0. The number of hydrogen-bond acceptors (Lipinski definition) is 5. The molecule has 0 bridgehead atoms. The summed E-state index contributed by atoms with van der Waals surface area (Å²) in [7, 11) is 0. The van der Waals surface area contributed by atoms with Crippen molar-refractivity contribution in [3.05, 3.63) is 234 Å². The molecule has 0 atom stereocenters. The van der Waals surface area contributed by atoms with Crippen LogP contribution in [0.2, 0.25) is 0 Å². The third-order valence-corrected chi connectivity index (χ3v) is 16.5. The predicted octanol–water partition coefficient (Wildman–Crippen LogP) is 20.8. The summed E-state index contributed by atoms with van der Waals surface area (Å²) in [5.41, 5.74) is 20.1. The fraction of sp³-hybridized carbons (Fsp3) is 0.171. The Balaban J connectivity index is 0.00000658. The fourth-order valence-electron chi connectivity index (χ4n) is 12.5. The second kappa shape index (κ2) is 21.7. The number of aryl methyl sites for hydroxylation is 1. The Kier molecular flexibility index (Phi) is 14.0. The van der Waals surface area contributed by atoms with Crippen molar-refractivity contribution in [2.75, 3.05) is 0 Å². The zero-order chi connectivity index (χ0) is 56.8. The number of hydrogen-bond donors (Lipinski definition) is 0. The number of aromatic nitrogens is 5. The van der Waals surface area contributed by atoms with Crippen molar-refractivity contribution >= 4 is 65.7 Å². The third kappa shape index (κ3) is 9.21. The summed E-state index contributed by atoms with van der Waals surface area (Å²) in [5.74, 6) is 3.21. The van der Waals surface area contributed by atoms with E-state index in [1.807, 2.05) is 18.2 Å². The molecule has 4 aromatic heterocycles. The first-order valence-corrected chi connectivity index (χ1v) is 29.1. The first-order valence-electron chi connectivity index (χ1n) is 29.1. The van der Waals surface area contributed by atoms with Gasteiger partial charge < -0.3 is 18.3 Å². The van der Waals surface area contributed by atoms with Gasteiger partial charge in [0, 0.05) is 39.3 Å². The Morgan fingerprint density at radius 3 is 1.51 bits per heavy atom. The van der Waals surface area contributed by atoms with E-state index in [9.17, 15) is 0 Å². The Hall–Kier alpha value is -8.90. The van der Waals surface area contributed by atoms with Crippen molar-refractivity contribution < 1.29 is 30.2 Å². The second-order valence-corrected chi connectivity index (χ2v) is 23.3. The second-order valence-electron chi connectivity index (χ2n) is 23.3. The Morgan fingerprint density at radius 2 is 0.940 bits per heavy atom. The summed E-state index contributed by atoms with van der Waals surface area (Å²) in [4.78, 5) is 16.4. The number of benzene rings is 10. The average molecular weight is 1270 g/mol. The van der Waals surface area contributed by atoms with Crippen LogP contribution in [0.3, 0.4) is 0 Å². The minimum absolute atomic E-state index is 0. The van der Waals surface area contributed by atoms with E-state index in [0.29, 0.717) is 34.1 Å². The van der Waals surface area contributed by atoms with Crippen LogP contribution in [0.1, 0.15) is 107 Å². The number of ether oxygens (including phenoxy) is 1. The van der Waals surface area contributed by atoms with Crippen LogP contribution in [-0.2, 0) is 21.1 Å². The number of fused-ring (bicyclic) bond motifs is 9. The van der Waals surface area contributed by atoms with Crippen molar-refractivity contribution in [3.8, 4) is 67.9 Å². The Labute approximate surface area is 504 Å². The predicted molar refractivity (Wildman–Crippen MR) is 343 cm³/mol. The molecule has 7 nitrogen and oxygen atoms in total. The summed E-state index contributed by atoms with van der Waals surface area (Å²) in [6, 6.07) is 76.2. The van der Waals surface area contributed by atoms with Gasteiger partial charge in [0.25, 0.3) is 0 Å². The molecule has 14 rings (SSSR count). The summed E-state index contributed by atoms with van der Waals surface area (Å²) < 4.78 is 19.2. The molecule has 414 valence electrons. The van der Waals surface area contributed by atoms with E-state index in [1.54, 1.807) is 0 Å². The number of nitrogens with zero attached hydrogens (tertiary/aromatic N) is 5. The minimum atomic E-state index is 0. The maximum absolute atomic E-state index is 7.30. The molecule has 0 unspecified atom stereocenters. The largest absolute Gasteiger partial charge is 2.00 e.